The lowest BCUT2D eigenvalue weighted by Crippen LogP contribution is -2.23. The topological polar surface area (TPSA) is 71.1 Å². The number of carbonyl (C=O) groups excluding carboxylic acids is 2. The number of halogens is 1. The van der Waals surface area contributed by atoms with Crippen LogP contribution in [-0.4, -0.2) is 16.8 Å². The molecule has 0 aliphatic heterocycles. The number of aryl methyl sites for hydroxylation is 1. The van der Waals surface area contributed by atoms with E-state index in [-0.39, 0.29) is 11.8 Å². The lowest BCUT2D eigenvalue weighted by molar-refractivity contribution is -0.121. The number of benzene rings is 2. The summed E-state index contributed by atoms with van der Waals surface area (Å²) in [6.45, 7) is 0.429. The van der Waals surface area contributed by atoms with Crippen molar-refractivity contribution in [3.8, 4) is 0 Å². The van der Waals surface area contributed by atoms with Gasteiger partial charge in [0.05, 0.1) is 5.56 Å². The van der Waals surface area contributed by atoms with Gasteiger partial charge < -0.3 is 10.6 Å². The fraction of sp³-hybridized carbons (Fsp3) is 0.136. The zero-order valence-corrected chi connectivity index (χ0v) is 15.9. The van der Waals surface area contributed by atoms with Gasteiger partial charge in [0.2, 0.25) is 5.91 Å². The maximum atomic E-state index is 12.1. The highest BCUT2D eigenvalue weighted by atomic mass is 35.5. The first-order valence-electron chi connectivity index (χ1n) is 8.92. The quantitative estimate of drug-likeness (QED) is 0.630. The van der Waals surface area contributed by atoms with Gasteiger partial charge in [-0.3, -0.25) is 14.6 Å². The number of hydrogen-bond donors (Lipinski definition) is 2. The Morgan fingerprint density at radius 1 is 0.964 bits per heavy atom. The van der Waals surface area contributed by atoms with Crippen molar-refractivity contribution in [2.24, 2.45) is 0 Å². The van der Waals surface area contributed by atoms with Gasteiger partial charge in [-0.1, -0.05) is 41.9 Å². The molecule has 0 aliphatic carbocycles. The summed E-state index contributed by atoms with van der Waals surface area (Å²) in [7, 11) is 0. The summed E-state index contributed by atoms with van der Waals surface area (Å²) >= 11 is 6.11. The van der Waals surface area contributed by atoms with Gasteiger partial charge in [0, 0.05) is 36.1 Å². The highest BCUT2D eigenvalue weighted by Gasteiger charge is 2.07. The molecule has 3 aromatic rings. The van der Waals surface area contributed by atoms with Gasteiger partial charge in [0.25, 0.3) is 5.91 Å². The predicted octanol–water partition coefficient (Wildman–Crippen LogP) is 4.24. The van der Waals surface area contributed by atoms with Crippen LogP contribution in [0.4, 0.5) is 5.69 Å². The average molecular weight is 394 g/mol. The molecule has 1 aromatic heterocycles. The molecule has 1 heterocycles. The lowest BCUT2D eigenvalue weighted by Gasteiger charge is -2.08. The molecule has 0 atom stereocenters. The highest BCUT2D eigenvalue weighted by molar-refractivity contribution is 6.31. The number of anilines is 1. The maximum Gasteiger partial charge on any atom is 0.257 e. The van der Waals surface area contributed by atoms with E-state index in [1.165, 1.54) is 6.20 Å². The second-order valence-corrected chi connectivity index (χ2v) is 6.67. The third-order valence-corrected chi connectivity index (χ3v) is 4.57. The van der Waals surface area contributed by atoms with E-state index in [2.05, 4.69) is 15.6 Å². The van der Waals surface area contributed by atoms with Crippen molar-refractivity contribution in [1.29, 1.82) is 0 Å². The number of carbonyl (C=O) groups is 2. The van der Waals surface area contributed by atoms with E-state index < -0.39 is 0 Å². The highest BCUT2D eigenvalue weighted by Crippen LogP contribution is 2.16. The molecule has 0 bridgehead atoms. The van der Waals surface area contributed by atoms with E-state index in [0.717, 1.165) is 11.1 Å². The average Bonchev–Trinajstić information content (AvgIpc) is 2.73. The molecule has 0 unspecified atom stereocenters. The smallest absolute Gasteiger partial charge is 0.257 e. The third-order valence-electron chi connectivity index (χ3n) is 4.20. The van der Waals surface area contributed by atoms with Gasteiger partial charge in [-0.2, -0.15) is 0 Å². The molecule has 5 nitrogen and oxygen atoms in total. The minimum absolute atomic E-state index is 0.0334. The van der Waals surface area contributed by atoms with Crippen molar-refractivity contribution in [1.82, 2.24) is 10.3 Å². The van der Waals surface area contributed by atoms with Gasteiger partial charge in [-0.05, 0) is 47.9 Å². The first kappa shape index (κ1) is 19.6. The summed E-state index contributed by atoms with van der Waals surface area (Å²) < 4.78 is 0. The van der Waals surface area contributed by atoms with Crippen LogP contribution in [0.15, 0.2) is 73.1 Å². The van der Waals surface area contributed by atoms with Crippen LogP contribution in [0.5, 0.6) is 0 Å². The molecular weight excluding hydrogens is 374 g/mol. The molecule has 2 aromatic carbocycles. The molecule has 0 radical (unpaired) electrons. The normalized spacial score (nSPS) is 10.3. The third kappa shape index (κ3) is 5.66. The lowest BCUT2D eigenvalue weighted by atomic mass is 10.1. The first-order valence-corrected chi connectivity index (χ1v) is 9.30. The zero-order chi connectivity index (χ0) is 19.8. The van der Waals surface area contributed by atoms with Crippen molar-refractivity contribution >= 4 is 29.1 Å². The zero-order valence-electron chi connectivity index (χ0n) is 15.2. The Balaban J connectivity index is 1.46. The summed E-state index contributed by atoms with van der Waals surface area (Å²) in [4.78, 5) is 28.1. The molecule has 0 saturated carbocycles. The van der Waals surface area contributed by atoms with Crippen LogP contribution < -0.4 is 10.6 Å². The van der Waals surface area contributed by atoms with Crippen molar-refractivity contribution in [2.75, 3.05) is 5.32 Å². The Morgan fingerprint density at radius 2 is 1.75 bits per heavy atom. The Kier molecular flexibility index (Phi) is 6.76. The number of amides is 2. The van der Waals surface area contributed by atoms with Crippen LogP contribution in [0.2, 0.25) is 5.02 Å². The summed E-state index contributed by atoms with van der Waals surface area (Å²) in [6, 6.07) is 18.3. The van der Waals surface area contributed by atoms with Gasteiger partial charge in [0.15, 0.2) is 0 Å². The SMILES string of the molecule is O=C(CCc1ccccc1Cl)NCc1ccc(NC(=O)c2cccnc2)cc1. The fourth-order valence-electron chi connectivity index (χ4n) is 2.64. The molecule has 0 fully saturated rings. The molecular formula is C22H20ClN3O2. The fourth-order valence-corrected chi connectivity index (χ4v) is 2.87. The Hall–Kier alpha value is -3.18. The van der Waals surface area contributed by atoms with Crippen molar-refractivity contribution in [3.05, 3.63) is 94.8 Å². The van der Waals surface area contributed by atoms with E-state index in [4.69, 9.17) is 11.6 Å². The predicted molar refractivity (Wildman–Crippen MR) is 110 cm³/mol. The number of pyridine rings is 1. The minimum Gasteiger partial charge on any atom is -0.352 e. The van der Waals surface area contributed by atoms with E-state index in [0.29, 0.717) is 35.7 Å². The molecule has 0 aliphatic rings. The van der Waals surface area contributed by atoms with Gasteiger partial charge in [-0.15, -0.1) is 0 Å². The van der Waals surface area contributed by atoms with Gasteiger partial charge in [-0.25, -0.2) is 0 Å². The molecule has 0 saturated heterocycles. The number of nitrogens with one attached hydrogen (secondary N) is 2. The van der Waals surface area contributed by atoms with Crippen molar-refractivity contribution in [2.45, 2.75) is 19.4 Å². The number of rotatable bonds is 7. The number of aromatic nitrogens is 1. The molecule has 142 valence electrons. The largest absolute Gasteiger partial charge is 0.352 e. The summed E-state index contributed by atoms with van der Waals surface area (Å²) in [5.74, 6) is -0.248. The van der Waals surface area contributed by atoms with Crippen LogP contribution in [0.3, 0.4) is 0 Å². The molecule has 6 heteroatoms. The van der Waals surface area contributed by atoms with Gasteiger partial charge in [0.1, 0.15) is 0 Å². The molecule has 28 heavy (non-hydrogen) atoms. The van der Waals surface area contributed by atoms with Crippen LogP contribution in [0.1, 0.15) is 27.9 Å². The van der Waals surface area contributed by atoms with E-state index >= 15 is 0 Å². The molecule has 0 spiro atoms. The van der Waals surface area contributed by atoms with Crippen LogP contribution >= 0.6 is 11.6 Å². The second kappa shape index (κ2) is 9.67. The second-order valence-electron chi connectivity index (χ2n) is 6.26. The Labute approximate surface area is 168 Å². The maximum absolute atomic E-state index is 12.1. The number of nitrogens with zero attached hydrogens (tertiary/aromatic N) is 1. The van der Waals surface area contributed by atoms with E-state index in [1.807, 2.05) is 36.4 Å². The van der Waals surface area contributed by atoms with Crippen LogP contribution in [-0.2, 0) is 17.8 Å². The summed E-state index contributed by atoms with van der Waals surface area (Å²) in [5, 5.41) is 6.39. The summed E-state index contributed by atoms with van der Waals surface area (Å²) in [6.07, 6.45) is 4.12. The van der Waals surface area contributed by atoms with Crippen molar-refractivity contribution < 1.29 is 9.59 Å². The minimum atomic E-state index is -0.214. The summed E-state index contributed by atoms with van der Waals surface area (Å²) in [5.41, 5.74) is 3.10. The molecule has 3 rings (SSSR count). The van der Waals surface area contributed by atoms with Crippen molar-refractivity contribution in [3.63, 3.8) is 0 Å². The van der Waals surface area contributed by atoms with Crippen LogP contribution in [0.25, 0.3) is 0 Å². The number of hydrogen-bond acceptors (Lipinski definition) is 3. The monoisotopic (exact) mass is 393 g/mol. The van der Waals surface area contributed by atoms with E-state index in [1.54, 1.807) is 30.5 Å². The van der Waals surface area contributed by atoms with E-state index in [9.17, 15) is 9.59 Å². The molecule has 2 N–H and O–H groups in total. The standard InChI is InChI=1S/C22H20ClN3O2/c23-20-6-2-1-4-17(20)9-12-21(27)25-14-16-7-10-19(11-8-16)26-22(28)18-5-3-13-24-15-18/h1-8,10-11,13,15H,9,12,14H2,(H,25,27)(H,26,28). The van der Waals surface area contributed by atoms with Crippen LogP contribution in [0, 0.1) is 0 Å². The van der Waals surface area contributed by atoms with Gasteiger partial charge >= 0.3 is 0 Å². The Bertz CT molecular complexity index is 944. The Morgan fingerprint density at radius 3 is 2.46 bits per heavy atom. The first-order chi connectivity index (χ1) is 13.6. The molecule has 2 amide bonds.